The number of nitrogens with zero attached hydrogens (tertiary/aromatic N) is 1. The lowest BCUT2D eigenvalue weighted by atomic mass is 10.2. The molecular weight excluding hydrogens is 309 g/mol. The highest BCUT2D eigenvalue weighted by atomic mass is 32.2. The van der Waals surface area contributed by atoms with E-state index in [1.165, 1.54) is 6.92 Å². The first kappa shape index (κ1) is 16.8. The highest BCUT2D eigenvalue weighted by Crippen LogP contribution is 2.32. The van der Waals surface area contributed by atoms with E-state index in [1.54, 1.807) is 0 Å². The summed E-state index contributed by atoms with van der Waals surface area (Å²) in [6.07, 6.45) is -1.27. The van der Waals surface area contributed by atoms with Gasteiger partial charge in [0.05, 0.1) is 11.0 Å². The number of hydrogen-bond donors (Lipinski definition) is 2. The molecule has 0 heterocycles. The summed E-state index contributed by atoms with van der Waals surface area (Å²) in [7, 11) is -4.51. The van der Waals surface area contributed by atoms with Gasteiger partial charge in [0.15, 0.2) is 17.7 Å². The first-order chi connectivity index (χ1) is 9.57. The number of nitrogens with two attached hydrogens (primary N) is 2. The van der Waals surface area contributed by atoms with Gasteiger partial charge in [-0.1, -0.05) is 6.92 Å². The van der Waals surface area contributed by atoms with E-state index in [2.05, 4.69) is 0 Å². The molecule has 0 fully saturated rings. The molecule has 0 saturated carbocycles. The van der Waals surface area contributed by atoms with Crippen molar-refractivity contribution in [2.75, 3.05) is 0 Å². The first-order valence-corrected chi connectivity index (χ1v) is 7.09. The molecule has 0 aliphatic rings. The second-order valence-electron chi connectivity index (χ2n) is 3.97. The number of halogens is 1. The molecule has 0 radical (unpaired) electrons. The van der Waals surface area contributed by atoms with Crippen LogP contribution in [0.3, 0.4) is 0 Å². The summed E-state index contributed by atoms with van der Waals surface area (Å²) in [5, 5.41) is 15.5. The third-order valence-corrected chi connectivity index (χ3v) is 3.38. The van der Waals surface area contributed by atoms with Crippen LogP contribution in [-0.4, -0.2) is 25.4 Å². The summed E-state index contributed by atoms with van der Waals surface area (Å²) in [6, 6.07) is 0.999. The molecule has 11 heteroatoms. The number of carbonyl (C=O) groups is 1. The van der Waals surface area contributed by atoms with Crippen LogP contribution in [0.1, 0.15) is 13.3 Å². The van der Waals surface area contributed by atoms with Crippen LogP contribution in [0.2, 0.25) is 0 Å². The monoisotopic (exact) mass is 321 g/mol. The summed E-state index contributed by atoms with van der Waals surface area (Å²) in [6.45, 7) is 1.50. The van der Waals surface area contributed by atoms with Crippen LogP contribution in [0.25, 0.3) is 0 Å². The normalized spacial score (nSPS) is 12.7. The summed E-state index contributed by atoms with van der Waals surface area (Å²) in [5.41, 5.74) is 4.18. The van der Waals surface area contributed by atoms with Crippen molar-refractivity contribution in [1.82, 2.24) is 0 Å². The van der Waals surface area contributed by atoms with E-state index in [0.717, 1.165) is 0 Å². The van der Waals surface area contributed by atoms with E-state index >= 15 is 0 Å². The maximum absolute atomic E-state index is 13.9. The maximum atomic E-state index is 13.9. The van der Waals surface area contributed by atoms with Crippen molar-refractivity contribution in [3.63, 3.8) is 0 Å². The van der Waals surface area contributed by atoms with Crippen molar-refractivity contribution in [3.05, 3.63) is 28.1 Å². The zero-order valence-electron chi connectivity index (χ0n) is 10.8. The molecule has 4 N–H and O–H groups in total. The van der Waals surface area contributed by atoms with Crippen LogP contribution in [0.4, 0.5) is 10.1 Å². The van der Waals surface area contributed by atoms with Crippen LogP contribution in [0, 0.1) is 15.9 Å². The quantitative estimate of drug-likeness (QED) is 0.556. The van der Waals surface area contributed by atoms with Gasteiger partial charge in [0, 0.05) is 6.07 Å². The van der Waals surface area contributed by atoms with Gasteiger partial charge in [-0.2, -0.15) is 0 Å². The number of rotatable bonds is 6. The number of non-ortho nitro benzene ring substituents is 1. The molecule has 1 atom stereocenters. The number of sulfonamides is 1. The van der Waals surface area contributed by atoms with Crippen LogP contribution >= 0.6 is 0 Å². The Hall–Kier alpha value is -2.27. The Labute approximate surface area is 118 Å². The van der Waals surface area contributed by atoms with Gasteiger partial charge in [-0.25, -0.2) is 17.9 Å². The van der Waals surface area contributed by atoms with Gasteiger partial charge in [-0.3, -0.25) is 14.9 Å². The van der Waals surface area contributed by atoms with Crippen LogP contribution in [0.5, 0.6) is 5.75 Å². The number of ether oxygens (including phenoxy) is 1. The smallest absolute Gasteiger partial charge is 0.274 e. The Morgan fingerprint density at radius 2 is 2.10 bits per heavy atom. The van der Waals surface area contributed by atoms with Crippen molar-refractivity contribution < 1.29 is 27.3 Å². The van der Waals surface area contributed by atoms with Crippen LogP contribution in [-0.2, 0) is 14.8 Å². The van der Waals surface area contributed by atoms with E-state index in [9.17, 15) is 27.7 Å². The fraction of sp³-hybridized carbons (Fsp3) is 0.300. The predicted octanol–water partition coefficient (Wildman–Crippen LogP) is 0.0240. The summed E-state index contributed by atoms with van der Waals surface area (Å²) in [5.74, 6) is -3.17. The number of nitro groups is 1. The van der Waals surface area contributed by atoms with Gasteiger partial charge in [0.2, 0.25) is 10.0 Å². The average Bonchev–Trinajstić information content (AvgIpc) is 2.34. The van der Waals surface area contributed by atoms with Gasteiger partial charge in [-0.05, 0) is 6.42 Å². The van der Waals surface area contributed by atoms with Gasteiger partial charge in [0.25, 0.3) is 11.6 Å². The minimum absolute atomic E-state index is 0.0375. The third kappa shape index (κ3) is 3.86. The minimum Gasteiger partial charge on any atom is -0.476 e. The molecule has 9 nitrogen and oxygen atoms in total. The second kappa shape index (κ2) is 6.01. The second-order valence-corrected chi connectivity index (χ2v) is 5.50. The highest BCUT2D eigenvalue weighted by Gasteiger charge is 2.27. The lowest BCUT2D eigenvalue weighted by molar-refractivity contribution is -0.385. The molecule has 1 aromatic rings. The predicted molar refractivity (Wildman–Crippen MR) is 68.3 cm³/mol. The molecule has 0 aliphatic carbocycles. The van der Waals surface area contributed by atoms with Crippen molar-refractivity contribution in [2.24, 2.45) is 10.9 Å². The molecule has 1 rings (SSSR count). The lowest BCUT2D eigenvalue weighted by Gasteiger charge is -2.16. The molecule has 0 aromatic heterocycles. The van der Waals surface area contributed by atoms with Crippen LogP contribution in [0.15, 0.2) is 17.0 Å². The topological polar surface area (TPSA) is 156 Å². The summed E-state index contributed by atoms with van der Waals surface area (Å²) < 4.78 is 41.6. The Bertz CT molecular complexity index is 690. The fourth-order valence-electron chi connectivity index (χ4n) is 1.47. The molecule has 1 aromatic carbocycles. The Kier molecular flexibility index (Phi) is 4.80. The van der Waals surface area contributed by atoms with E-state index in [0.29, 0.717) is 12.1 Å². The van der Waals surface area contributed by atoms with Gasteiger partial charge in [-0.15, -0.1) is 0 Å². The molecule has 0 bridgehead atoms. The van der Waals surface area contributed by atoms with Gasteiger partial charge >= 0.3 is 0 Å². The van der Waals surface area contributed by atoms with Crippen molar-refractivity contribution in [2.45, 2.75) is 24.3 Å². The average molecular weight is 321 g/mol. The third-order valence-electron chi connectivity index (χ3n) is 2.46. The molecule has 0 saturated heterocycles. The van der Waals surface area contributed by atoms with E-state index < -0.39 is 49.1 Å². The van der Waals surface area contributed by atoms with Crippen molar-refractivity contribution in [3.8, 4) is 5.75 Å². The summed E-state index contributed by atoms with van der Waals surface area (Å²) in [4.78, 5) is 19.8. The number of hydrogen-bond acceptors (Lipinski definition) is 6. The largest absolute Gasteiger partial charge is 0.476 e. The summed E-state index contributed by atoms with van der Waals surface area (Å²) >= 11 is 0. The number of benzene rings is 1. The van der Waals surface area contributed by atoms with E-state index in [1.807, 2.05) is 0 Å². The van der Waals surface area contributed by atoms with Crippen molar-refractivity contribution in [1.29, 1.82) is 0 Å². The van der Waals surface area contributed by atoms with Gasteiger partial charge in [0.1, 0.15) is 4.90 Å². The zero-order chi connectivity index (χ0) is 16.4. The van der Waals surface area contributed by atoms with Gasteiger partial charge < -0.3 is 10.5 Å². The fourth-order valence-corrected chi connectivity index (χ4v) is 2.16. The molecule has 21 heavy (non-hydrogen) atoms. The Balaban J connectivity index is 3.50. The number of nitro benzene ring substituents is 1. The van der Waals surface area contributed by atoms with Crippen LogP contribution < -0.4 is 15.6 Å². The highest BCUT2D eigenvalue weighted by molar-refractivity contribution is 7.89. The maximum Gasteiger partial charge on any atom is 0.274 e. The number of carbonyl (C=O) groups excluding carboxylic acids is 1. The zero-order valence-corrected chi connectivity index (χ0v) is 11.6. The standard InChI is InChI=1S/C10H12FN3O6S/c1-2-7(10(12)15)20-9-6(11)3-5(14(16)17)4-8(9)21(13,18)19/h3-4,7H,2H2,1H3,(H2,12,15)(H2,13,18,19). The lowest BCUT2D eigenvalue weighted by Crippen LogP contribution is -2.34. The molecule has 1 amide bonds. The Morgan fingerprint density at radius 1 is 1.52 bits per heavy atom. The first-order valence-electron chi connectivity index (χ1n) is 5.54. The minimum atomic E-state index is -4.51. The van der Waals surface area contributed by atoms with E-state index in [-0.39, 0.29) is 6.42 Å². The molecule has 0 aliphatic heterocycles. The molecule has 116 valence electrons. The SMILES string of the molecule is CCC(Oc1c(F)cc([N+](=O)[O-])cc1S(N)(=O)=O)C(N)=O. The Morgan fingerprint density at radius 3 is 2.48 bits per heavy atom. The molecule has 1 unspecified atom stereocenters. The van der Waals surface area contributed by atoms with E-state index in [4.69, 9.17) is 15.6 Å². The molecule has 0 spiro atoms. The number of primary sulfonamides is 1. The van der Waals surface area contributed by atoms with Crippen molar-refractivity contribution >= 4 is 21.6 Å². The molecular formula is C10H12FN3O6S. The number of primary amides is 1. The number of amides is 1.